The van der Waals surface area contributed by atoms with Crippen LogP contribution in [0.15, 0.2) is 0 Å². The molecule has 2 bridgehead atoms. The molecule has 3 heterocycles. The van der Waals surface area contributed by atoms with Crippen LogP contribution >= 0.6 is 0 Å². The normalized spacial score (nSPS) is 58.1. The SMILES string of the molecule is CCC1(C)C2CC3C(O2)C1OS3(=O)=O. The summed E-state index contributed by atoms with van der Waals surface area (Å²) in [6.07, 6.45) is 1.16. The summed E-state index contributed by atoms with van der Waals surface area (Å²) >= 11 is 0. The smallest absolute Gasteiger partial charge is 0.273 e. The van der Waals surface area contributed by atoms with Gasteiger partial charge in [-0.3, -0.25) is 4.18 Å². The van der Waals surface area contributed by atoms with Gasteiger partial charge in [0.2, 0.25) is 0 Å². The van der Waals surface area contributed by atoms with E-state index in [4.69, 9.17) is 8.92 Å². The Balaban J connectivity index is 2.09. The second-order valence-corrected chi connectivity index (χ2v) is 6.52. The molecule has 3 fully saturated rings. The van der Waals surface area contributed by atoms with Crippen LogP contribution in [-0.2, 0) is 19.0 Å². The molecular weight excluding hydrogens is 204 g/mol. The summed E-state index contributed by atoms with van der Waals surface area (Å²) in [7, 11) is -3.34. The molecule has 0 aromatic carbocycles. The number of hydrogen-bond donors (Lipinski definition) is 0. The van der Waals surface area contributed by atoms with Crippen molar-refractivity contribution in [1.29, 1.82) is 0 Å². The first-order valence-corrected chi connectivity index (χ1v) is 6.54. The van der Waals surface area contributed by atoms with E-state index in [0.717, 1.165) is 6.42 Å². The summed E-state index contributed by atoms with van der Waals surface area (Å²) < 4.78 is 34.0. The van der Waals surface area contributed by atoms with Gasteiger partial charge < -0.3 is 4.74 Å². The monoisotopic (exact) mass is 218 g/mol. The molecular formula is C9H14O4S. The Labute approximate surface area is 83.7 Å². The molecule has 5 heteroatoms. The highest BCUT2D eigenvalue weighted by Gasteiger charge is 2.69. The van der Waals surface area contributed by atoms with Crippen molar-refractivity contribution in [1.82, 2.24) is 0 Å². The van der Waals surface area contributed by atoms with Gasteiger partial charge in [-0.25, -0.2) is 0 Å². The van der Waals surface area contributed by atoms with Crippen molar-refractivity contribution >= 4 is 10.1 Å². The summed E-state index contributed by atoms with van der Waals surface area (Å²) in [4.78, 5) is 0. The van der Waals surface area contributed by atoms with Crippen molar-refractivity contribution in [3.05, 3.63) is 0 Å². The third-order valence-corrected chi connectivity index (χ3v) is 5.87. The van der Waals surface area contributed by atoms with E-state index < -0.39 is 15.4 Å². The molecule has 0 amide bonds. The molecule has 3 rings (SSSR count). The van der Waals surface area contributed by atoms with E-state index in [0.29, 0.717) is 6.42 Å². The van der Waals surface area contributed by atoms with Gasteiger partial charge in [0.25, 0.3) is 10.1 Å². The van der Waals surface area contributed by atoms with Gasteiger partial charge in [-0.05, 0) is 12.8 Å². The first-order valence-electron chi connectivity index (χ1n) is 5.06. The highest BCUT2D eigenvalue weighted by molar-refractivity contribution is 7.87. The van der Waals surface area contributed by atoms with Crippen molar-refractivity contribution in [2.75, 3.05) is 0 Å². The minimum atomic E-state index is -3.34. The van der Waals surface area contributed by atoms with Gasteiger partial charge in [-0.15, -0.1) is 0 Å². The van der Waals surface area contributed by atoms with Gasteiger partial charge >= 0.3 is 0 Å². The van der Waals surface area contributed by atoms with E-state index in [1.807, 2.05) is 0 Å². The summed E-state index contributed by atoms with van der Waals surface area (Å²) in [5.41, 5.74) is -0.106. The molecule has 5 atom stereocenters. The third kappa shape index (κ3) is 0.800. The Morgan fingerprint density at radius 1 is 1.50 bits per heavy atom. The van der Waals surface area contributed by atoms with Crippen LogP contribution in [0.4, 0.5) is 0 Å². The fourth-order valence-corrected chi connectivity index (χ4v) is 4.73. The number of ether oxygens (including phenoxy) is 1. The van der Waals surface area contributed by atoms with Crippen LogP contribution in [-0.4, -0.2) is 32.0 Å². The Kier molecular flexibility index (Phi) is 1.52. The zero-order valence-electron chi connectivity index (χ0n) is 8.26. The molecule has 5 unspecified atom stereocenters. The Morgan fingerprint density at radius 3 is 2.86 bits per heavy atom. The van der Waals surface area contributed by atoms with Crippen LogP contribution in [0.2, 0.25) is 0 Å². The predicted molar refractivity (Wildman–Crippen MR) is 49.3 cm³/mol. The lowest BCUT2D eigenvalue weighted by Gasteiger charge is -2.32. The van der Waals surface area contributed by atoms with E-state index in [9.17, 15) is 8.42 Å². The van der Waals surface area contributed by atoms with E-state index in [1.165, 1.54) is 0 Å². The molecule has 14 heavy (non-hydrogen) atoms. The van der Waals surface area contributed by atoms with Crippen LogP contribution in [0.3, 0.4) is 0 Å². The van der Waals surface area contributed by atoms with Crippen molar-refractivity contribution < 1.29 is 17.3 Å². The number of fused-ring (bicyclic) bond motifs is 1. The lowest BCUT2D eigenvalue weighted by atomic mass is 9.71. The molecule has 0 spiro atoms. The largest absolute Gasteiger partial charge is 0.370 e. The van der Waals surface area contributed by atoms with Gasteiger partial charge in [0.15, 0.2) is 0 Å². The van der Waals surface area contributed by atoms with Crippen LogP contribution in [0, 0.1) is 5.41 Å². The number of hydrogen-bond acceptors (Lipinski definition) is 4. The lowest BCUT2D eigenvalue weighted by Crippen LogP contribution is -2.42. The molecule has 0 aromatic rings. The average molecular weight is 218 g/mol. The van der Waals surface area contributed by atoms with Crippen molar-refractivity contribution in [2.45, 2.75) is 50.3 Å². The van der Waals surface area contributed by atoms with Gasteiger partial charge in [-0.2, -0.15) is 8.42 Å². The predicted octanol–water partition coefficient (Wildman–Crippen LogP) is 0.671. The first kappa shape index (κ1) is 9.12. The standard InChI is InChI=1S/C9H14O4S/c1-3-9(2)6-4-5-7(12-6)8(9)13-14(5,10)11/h5-8H,3-4H2,1-2H3. The van der Waals surface area contributed by atoms with E-state index >= 15 is 0 Å². The van der Waals surface area contributed by atoms with Crippen molar-refractivity contribution in [3.63, 3.8) is 0 Å². The minimum Gasteiger partial charge on any atom is -0.370 e. The maximum absolute atomic E-state index is 11.6. The molecule has 3 saturated heterocycles. The summed E-state index contributed by atoms with van der Waals surface area (Å²) in [5.74, 6) is 0. The van der Waals surface area contributed by atoms with Gasteiger partial charge in [0.05, 0.1) is 6.10 Å². The van der Waals surface area contributed by atoms with Crippen LogP contribution in [0.5, 0.6) is 0 Å². The molecule has 0 saturated carbocycles. The second-order valence-electron chi connectivity index (χ2n) is 4.73. The fraction of sp³-hybridized carbons (Fsp3) is 1.00. The highest BCUT2D eigenvalue weighted by Crippen LogP contribution is 2.57. The van der Waals surface area contributed by atoms with E-state index in [2.05, 4.69) is 13.8 Å². The van der Waals surface area contributed by atoms with Gasteiger partial charge in [-0.1, -0.05) is 13.8 Å². The highest BCUT2D eigenvalue weighted by atomic mass is 32.2. The number of rotatable bonds is 1. The molecule has 80 valence electrons. The Hall–Kier alpha value is -0.130. The van der Waals surface area contributed by atoms with Crippen molar-refractivity contribution in [3.8, 4) is 0 Å². The van der Waals surface area contributed by atoms with Crippen LogP contribution in [0.25, 0.3) is 0 Å². The van der Waals surface area contributed by atoms with Crippen LogP contribution in [0.1, 0.15) is 26.7 Å². The van der Waals surface area contributed by atoms with Crippen molar-refractivity contribution in [2.24, 2.45) is 5.41 Å². The molecule has 0 aliphatic carbocycles. The third-order valence-electron chi connectivity index (χ3n) is 4.19. The van der Waals surface area contributed by atoms with Crippen LogP contribution < -0.4 is 0 Å². The maximum atomic E-state index is 11.6. The zero-order valence-corrected chi connectivity index (χ0v) is 9.08. The molecule has 3 aliphatic rings. The average Bonchev–Trinajstić information content (AvgIpc) is 2.69. The lowest BCUT2D eigenvalue weighted by molar-refractivity contribution is 0.0608. The Bertz CT molecular complexity index is 376. The summed E-state index contributed by atoms with van der Waals surface area (Å²) in [6, 6.07) is 0. The molecule has 0 N–H and O–H groups in total. The van der Waals surface area contributed by atoms with E-state index in [1.54, 1.807) is 0 Å². The summed E-state index contributed by atoms with van der Waals surface area (Å²) in [6.45, 7) is 4.13. The maximum Gasteiger partial charge on any atom is 0.273 e. The molecule has 3 aliphatic heterocycles. The minimum absolute atomic E-state index is 0.0739. The quantitative estimate of drug-likeness (QED) is 0.607. The van der Waals surface area contributed by atoms with Gasteiger partial charge in [0.1, 0.15) is 17.5 Å². The van der Waals surface area contributed by atoms with E-state index in [-0.39, 0.29) is 23.7 Å². The molecule has 0 radical (unpaired) electrons. The molecule has 4 nitrogen and oxygen atoms in total. The second kappa shape index (κ2) is 2.33. The van der Waals surface area contributed by atoms with Gasteiger partial charge in [0, 0.05) is 5.41 Å². The fourth-order valence-electron chi connectivity index (χ4n) is 3.02. The topological polar surface area (TPSA) is 52.6 Å². The first-order chi connectivity index (χ1) is 6.49. The molecule has 0 aromatic heterocycles. The zero-order chi connectivity index (χ0) is 10.1. The summed E-state index contributed by atoms with van der Waals surface area (Å²) in [5, 5.41) is -0.392. The Morgan fingerprint density at radius 2 is 2.21 bits per heavy atom.